The number of ether oxygens (including phenoxy) is 1. The first-order valence-corrected chi connectivity index (χ1v) is 11.8. The highest BCUT2D eigenvalue weighted by Crippen LogP contribution is 2.29. The number of nitro groups is 1. The SMILES string of the molecule is CCOCCCn1c(NC(=O)c2ccc(NC(C)c3ccccn3)c([N+](=O)[O-])c2)nc2ccccc21. The Labute approximate surface area is 208 Å². The Kier molecular flexibility index (Phi) is 7.86. The van der Waals surface area contributed by atoms with E-state index in [0.717, 1.165) is 23.1 Å². The van der Waals surface area contributed by atoms with Crippen LogP contribution in [0.1, 0.15) is 42.4 Å². The van der Waals surface area contributed by atoms with Gasteiger partial charge in [0.2, 0.25) is 5.95 Å². The van der Waals surface area contributed by atoms with Crippen LogP contribution in [0, 0.1) is 10.1 Å². The average molecular weight is 489 g/mol. The number of hydrogen-bond acceptors (Lipinski definition) is 7. The van der Waals surface area contributed by atoms with Gasteiger partial charge in [-0.3, -0.25) is 25.2 Å². The Bertz CT molecular complexity index is 1360. The van der Waals surface area contributed by atoms with E-state index in [0.29, 0.717) is 31.4 Å². The van der Waals surface area contributed by atoms with Gasteiger partial charge in [0.15, 0.2) is 0 Å². The number of imidazole rings is 1. The van der Waals surface area contributed by atoms with Crippen molar-refractivity contribution in [3.05, 3.63) is 88.2 Å². The molecular weight excluding hydrogens is 460 g/mol. The van der Waals surface area contributed by atoms with Gasteiger partial charge in [-0.1, -0.05) is 18.2 Å². The molecule has 0 bridgehead atoms. The number of nitro benzene ring substituents is 1. The van der Waals surface area contributed by atoms with Crippen molar-refractivity contribution in [2.45, 2.75) is 32.9 Å². The molecule has 0 aliphatic carbocycles. The summed E-state index contributed by atoms with van der Waals surface area (Å²) in [7, 11) is 0. The van der Waals surface area contributed by atoms with Crippen LogP contribution in [0.4, 0.5) is 17.3 Å². The fourth-order valence-electron chi connectivity index (χ4n) is 3.93. The van der Waals surface area contributed by atoms with E-state index in [9.17, 15) is 14.9 Å². The summed E-state index contributed by atoms with van der Waals surface area (Å²) in [5.74, 6) is -0.102. The summed E-state index contributed by atoms with van der Waals surface area (Å²) in [6.45, 7) is 5.64. The summed E-state index contributed by atoms with van der Waals surface area (Å²) in [5, 5.41) is 17.8. The molecule has 1 amide bonds. The zero-order valence-electron chi connectivity index (χ0n) is 20.2. The number of benzene rings is 2. The molecule has 186 valence electrons. The lowest BCUT2D eigenvalue weighted by atomic mass is 10.1. The Morgan fingerprint density at radius 3 is 2.72 bits per heavy atom. The molecule has 10 heteroatoms. The van der Waals surface area contributed by atoms with Crippen LogP contribution in [-0.4, -0.2) is 38.6 Å². The highest BCUT2D eigenvalue weighted by Gasteiger charge is 2.21. The molecule has 1 unspecified atom stereocenters. The summed E-state index contributed by atoms with van der Waals surface area (Å²) >= 11 is 0. The van der Waals surface area contributed by atoms with E-state index in [1.54, 1.807) is 18.3 Å². The van der Waals surface area contributed by atoms with E-state index in [2.05, 4.69) is 20.6 Å². The van der Waals surface area contributed by atoms with Crippen molar-refractivity contribution in [3.8, 4) is 0 Å². The van der Waals surface area contributed by atoms with E-state index in [1.807, 2.05) is 54.8 Å². The second-order valence-electron chi connectivity index (χ2n) is 8.19. The first-order chi connectivity index (χ1) is 17.5. The minimum Gasteiger partial charge on any atom is -0.382 e. The van der Waals surface area contributed by atoms with E-state index >= 15 is 0 Å². The smallest absolute Gasteiger partial charge is 0.293 e. The molecule has 0 aliphatic rings. The number of pyridine rings is 1. The number of para-hydroxylation sites is 2. The molecule has 10 nitrogen and oxygen atoms in total. The predicted octanol–water partition coefficient (Wildman–Crippen LogP) is 5.19. The molecule has 2 N–H and O–H groups in total. The van der Waals surface area contributed by atoms with Gasteiger partial charge in [-0.05, 0) is 56.7 Å². The second kappa shape index (κ2) is 11.4. The van der Waals surface area contributed by atoms with Gasteiger partial charge >= 0.3 is 0 Å². The van der Waals surface area contributed by atoms with Gasteiger partial charge in [-0.2, -0.15) is 0 Å². The number of aromatic nitrogens is 3. The third-order valence-corrected chi connectivity index (χ3v) is 5.71. The maximum absolute atomic E-state index is 13.1. The molecule has 0 aliphatic heterocycles. The van der Waals surface area contributed by atoms with Gasteiger partial charge in [0, 0.05) is 37.6 Å². The number of hydrogen-bond donors (Lipinski definition) is 2. The highest BCUT2D eigenvalue weighted by atomic mass is 16.6. The highest BCUT2D eigenvalue weighted by molar-refractivity contribution is 6.05. The fourth-order valence-corrected chi connectivity index (χ4v) is 3.93. The van der Waals surface area contributed by atoms with Crippen LogP contribution in [-0.2, 0) is 11.3 Å². The molecule has 2 aromatic heterocycles. The third kappa shape index (κ3) is 5.66. The Hall–Kier alpha value is -4.31. The lowest BCUT2D eigenvalue weighted by molar-refractivity contribution is -0.384. The van der Waals surface area contributed by atoms with Crippen molar-refractivity contribution >= 4 is 34.3 Å². The number of amides is 1. The maximum atomic E-state index is 13.1. The summed E-state index contributed by atoms with van der Waals surface area (Å²) < 4.78 is 7.36. The third-order valence-electron chi connectivity index (χ3n) is 5.71. The molecule has 0 fully saturated rings. The monoisotopic (exact) mass is 488 g/mol. The first kappa shape index (κ1) is 24.8. The van der Waals surface area contributed by atoms with Crippen LogP contribution in [0.25, 0.3) is 11.0 Å². The van der Waals surface area contributed by atoms with Crippen LogP contribution in [0.5, 0.6) is 0 Å². The number of rotatable bonds is 11. The van der Waals surface area contributed by atoms with Crippen LogP contribution in [0.3, 0.4) is 0 Å². The van der Waals surface area contributed by atoms with Crippen LogP contribution in [0.2, 0.25) is 0 Å². The standard InChI is InChI=1S/C26H28N6O4/c1-3-36-16-8-15-31-23-11-5-4-10-21(23)29-26(31)30-25(33)19-12-13-22(24(17-19)32(34)35)28-18(2)20-9-6-7-14-27-20/h4-7,9-14,17-18,28H,3,8,15-16H2,1-2H3,(H,29,30,33). The molecule has 0 spiro atoms. The molecule has 4 rings (SSSR count). The van der Waals surface area contributed by atoms with Gasteiger partial charge in [0.05, 0.1) is 27.7 Å². The largest absolute Gasteiger partial charge is 0.382 e. The van der Waals surface area contributed by atoms with Gasteiger partial charge in [-0.15, -0.1) is 0 Å². The van der Waals surface area contributed by atoms with Gasteiger partial charge in [-0.25, -0.2) is 4.98 Å². The average Bonchev–Trinajstić information content (AvgIpc) is 3.24. The Morgan fingerprint density at radius 2 is 1.97 bits per heavy atom. The van der Waals surface area contributed by atoms with E-state index in [4.69, 9.17) is 4.74 Å². The van der Waals surface area contributed by atoms with E-state index in [-0.39, 0.29) is 17.3 Å². The Balaban J connectivity index is 1.56. The van der Waals surface area contributed by atoms with Crippen molar-refractivity contribution in [1.29, 1.82) is 0 Å². The van der Waals surface area contributed by atoms with Crippen LogP contribution >= 0.6 is 0 Å². The minimum atomic E-state index is -0.507. The number of carbonyl (C=O) groups excluding carboxylic acids is 1. The van der Waals surface area contributed by atoms with Crippen molar-refractivity contribution < 1.29 is 14.5 Å². The zero-order valence-corrected chi connectivity index (χ0v) is 20.2. The number of nitrogens with one attached hydrogen (secondary N) is 2. The first-order valence-electron chi connectivity index (χ1n) is 11.8. The topological polar surface area (TPSA) is 124 Å². The zero-order chi connectivity index (χ0) is 25.5. The molecule has 0 saturated carbocycles. The lowest BCUT2D eigenvalue weighted by Crippen LogP contribution is -2.17. The quantitative estimate of drug-likeness (QED) is 0.169. The number of nitrogens with zero attached hydrogens (tertiary/aromatic N) is 4. The summed E-state index contributed by atoms with van der Waals surface area (Å²) in [6, 6.07) is 17.2. The van der Waals surface area contributed by atoms with Gasteiger partial charge < -0.3 is 14.6 Å². The molecule has 2 heterocycles. The number of carbonyl (C=O) groups is 1. The summed E-state index contributed by atoms with van der Waals surface area (Å²) in [4.78, 5) is 33.3. The fraction of sp³-hybridized carbons (Fsp3) is 0.269. The maximum Gasteiger partial charge on any atom is 0.293 e. The minimum absolute atomic E-state index is 0.158. The second-order valence-corrected chi connectivity index (χ2v) is 8.19. The molecule has 0 saturated heterocycles. The predicted molar refractivity (Wildman–Crippen MR) is 138 cm³/mol. The number of anilines is 2. The van der Waals surface area contributed by atoms with E-state index in [1.165, 1.54) is 12.1 Å². The molecule has 1 atom stereocenters. The Morgan fingerprint density at radius 1 is 1.17 bits per heavy atom. The normalized spacial score (nSPS) is 11.8. The van der Waals surface area contributed by atoms with Gasteiger partial charge in [0.25, 0.3) is 11.6 Å². The molecule has 0 radical (unpaired) electrons. The van der Waals surface area contributed by atoms with Crippen molar-refractivity contribution in [3.63, 3.8) is 0 Å². The summed E-state index contributed by atoms with van der Waals surface area (Å²) in [5.41, 5.74) is 2.65. The number of fused-ring (bicyclic) bond motifs is 1. The number of aryl methyl sites for hydroxylation is 1. The van der Waals surface area contributed by atoms with Crippen molar-refractivity contribution in [1.82, 2.24) is 14.5 Å². The molecule has 2 aromatic carbocycles. The lowest BCUT2D eigenvalue weighted by Gasteiger charge is -2.15. The summed E-state index contributed by atoms with van der Waals surface area (Å²) in [6.07, 6.45) is 2.41. The van der Waals surface area contributed by atoms with Crippen LogP contribution < -0.4 is 10.6 Å². The van der Waals surface area contributed by atoms with E-state index < -0.39 is 10.8 Å². The van der Waals surface area contributed by atoms with Crippen LogP contribution in [0.15, 0.2) is 66.9 Å². The molecule has 36 heavy (non-hydrogen) atoms. The van der Waals surface area contributed by atoms with Crippen molar-refractivity contribution in [2.24, 2.45) is 0 Å². The molecular formula is C26H28N6O4. The molecule has 4 aromatic rings. The van der Waals surface area contributed by atoms with Gasteiger partial charge in [0.1, 0.15) is 5.69 Å². The van der Waals surface area contributed by atoms with Crippen molar-refractivity contribution in [2.75, 3.05) is 23.8 Å².